The van der Waals surface area contributed by atoms with Crippen molar-refractivity contribution in [1.82, 2.24) is 9.66 Å². The first-order chi connectivity index (χ1) is 16.8. The maximum absolute atomic E-state index is 13.3. The number of benzene rings is 3. The minimum atomic E-state index is -0.197. The van der Waals surface area contributed by atoms with E-state index in [1.807, 2.05) is 43.3 Å². The van der Waals surface area contributed by atoms with Gasteiger partial charge in [-0.2, -0.15) is 9.78 Å². The number of ether oxygens (including phenoxy) is 1. The highest BCUT2D eigenvalue weighted by Gasteiger charge is 2.15. The zero-order valence-corrected chi connectivity index (χ0v) is 24.2. The van der Waals surface area contributed by atoms with E-state index in [9.17, 15) is 4.79 Å². The number of nitrogens with zero attached hydrogens (tertiary/aromatic N) is 3. The summed E-state index contributed by atoms with van der Waals surface area (Å²) in [6.07, 6.45) is 2.51. The average molecular weight is 685 g/mol. The average Bonchev–Trinajstić information content (AvgIpc) is 2.83. The molecule has 0 radical (unpaired) electrons. The molecule has 0 saturated carbocycles. The monoisotopic (exact) mass is 683 g/mol. The minimum absolute atomic E-state index is 0.0727. The van der Waals surface area contributed by atoms with Crippen LogP contribution in [0, 0.1) is 3.57 Å². The molecule has 0 bridgehead atoms. The van der Waals surface area contributed by atoms with Gasteiger partial charge in [0.1, 0.15) is 18.2 Å². The van der Waals surface area contributed by atoms with Crippen molar-refractivity contribution in [3.05, 3.63) is 100.0 Å². The van der Waals surface area contributed by atoms with E-state index in [1.165, 1.54) is 4.68 Å². The fraction of sp³-hybridized carbons (Fsp3) is 0.192. The van der Waals surface area contributed by atoms with Crippen LogP contribution in [0.5, 0.6) is 5.75 Å². The largest absolute Gasteiger partial charge is 0.488 e. The molecule has 0 aliphatic carbocycles. The number of fused-ring (bicyclic) bond motifs is 1. The lowest BCUT2D eigenvalue weighted by Gasteiger charge is -2.14. The van der Waals surface area contributed by atoms with Crippen molar-refractivity contribution in [3.63, 3.8) is 0 Å². The Labute approximate surface area is 235 Å². The highest BCUT2D eigenvalue weighted by molar-refractivity contribution is 14.1. The van der Waals surface area contributed by atoms with Crippen LogP contribution >= 0.6 is 61.7 Å². The van der Waals surface area contributed by atoms with Crippen LogP contribution in [-0.4, -0.2) is 15.9 Å². The van der Waals surface area contributed by atoms with Gasteiger partial charge in [0.2, 0.25) is 0 Å². The van der Waals surface area contributed by atoms with Crippen LogP contribution in [0.4, 0.5) is 0 Å². The van der Waals surface area contributed by atoms with Crippen LogP contribution in [-0.2, 0) is 6.61 Å². The molecule has 0 N–H and O–H groups in total. The topological polar surface area (TPSA) is 56.5 Å². The van der Waals surface area contributed by atoms with E-state index < -0.39 is 0 Å². The van der Waals surface area contributed by atoms with Gasteiger partial charge in [0.05, 0.1) is 20.7 Å². The van der Waals surface area contributed by atoms with Gasteiger partial charge in [-0.05, 0) is 83.1 Å². The molecule has 35 heavy (non-hydrogen) atoms. The quantitative estimate of drug-likeness (QED) is 0.146. The van der Waals surface area contributed by atoms with Crippen molar-refractivity contribution in [2.45, 2.75) is 32.8 Å². The van der Waals surface area contributed by atoms with Gasteiger partial charge in [-0.3, -0.25) is 4.79 Å². The Hall–Kier alpha value is -1.94. The third-order valence-electron chi connectivity index (χ3n) is 5.56. The molecule has 1 atom stereocenters. The summed E-state index contributed by atoms with van der Waals surface area (Å²) in [6.45, 7) is 4.43. The first-order valence-corrected chi connectivity index (χ1v) is 13.5. The van der Waals surface area contributed by atoms with Gasteiger partial charge in [0.25, 0.3) is 5.56 Å². The van der Waals surface area contributed by atoms with E-state index in [1.54, 1.807) is 24.4 Å². The predicted octanol–water partition coefficient (Wildman–Crippen LogP) is 8.05. The van der Waals surface area contributed by atoms with Gasteiger partial charge in [0, 0.05) is 26.0 Å². The molecule has 3 aromatic carbocycles. The van der Waals surface area contributed by atoms with Crippen LogP contribution in [0.15, 0.2) is 69.0 Å². The van der Waals surface area contributed by atoms with Crippen LogP contribution in [0.25, 0.3) is 10.9 Å². The van der Waals surface area contributed by atoms with Gasteiger partial charge in [-0.25, -0.2) is 4.98 Å². The van der Waals surface area contributed by atoms with Crippen molar-refractivity contribution in [1.29, 1.82) is 0 Å². The molecular formula is C26H21BrCl2IN3O2. The standard InChI is InChI=1S/C26H21BrCl2IN3O2/c1-3-15(2)25-32-23-8-6-18(27)11-20(23)26(34)33(25)31-13-16-4-9-24(22(30)10-16)35-14-17-5-7-19(28)12-21(17)29/h4-13,15H,3,14H2,1-2H3/t15-/m1/s1. The molecule has 1 aromatic heterocycles. The van der Waals surface area contributed by atoms with Gasteiger partial charge in [0.15, 0.2) is 0 Å². The molecule has 0 amide bonds. The minimum Gasteiger partial charge on any atom is -0.488 e. The Balaban J connectivity index is 1.62. The molecule has 180 valence electrons. The molecule has 0 unspecified atom stereocenters. The van der Waals surface area contributed by atoms with Gasteiger partial charge in [-0.15, -0.1) is 0 Å². The molecule has 5 nitrogen and oxygen atoms in total. The summed E-state index contributed by atoms with van der Waals surface area (Å²) in [5, 5.41) is 6.20. The number of halogens is 4. The second-order valence-electron chi connectivity index (χ2n) is 8.02. The molecule has 0 aliphatic heterocycles. The van der Waals surface area contributed by atoms with Gasteiger partial charge in [-0.1, -0.05) is 59.0 Å². The fourth-order valence-corrected chi connectivity index (χ4v) is 4.93. The van der Waals surface area contributed by atoms with Crippen molar-refractivity contribution >= 4 is 78.8 Å². The molecule has 9 heteroatoms. The smallest absolute Gasteiger partial charge is 0.282 e. The molecule has 1 heterocycles. The Kier molecular flexibility index (Phi) is 8.52. The zero-order valence-electron chi connectivity index (χ0n) is 18.9. The predicted molar refractivity (Wildman–Crippen MR) is 155 cm³/mol. The van der Waals surface area contributed by atoms with Gasteiger partial charge < -0.3 is 4.74 Å². The first-order valence-electron chi connectivity index (χ1n) is 10.9. The molecule has 0 fully saturated rings. The Morgan fingerprint density at radius 2 is 1.97 bits per heavy atom. The molecule has 0 aliphatic rings. The van der Waals surface area contributed by atoms with E-state index >= 15 is 0 Å². The van der Waals surface area contributed by atoms with Gasteiger partial charge >= 0.3 is 0 Å². The Bertz CT molecular complexity index is 1490. The molecule has 0 spiro atoms. The third kappa shape index (κ3) is 6.07. The number of rotatable bonds is 7. The number of aromatic nitrogens is 2. The first kappa shape index (κ1) is 26.1. The van der Waals surface area contributed by atoms with E-state index in [2.05, 4.69) is 50.5 Å². The lowest BCUT2D eigenvalue weighted by molar-refractivity contribution is 0.304. The maximum atomic E-state index is 13.3. The number of hydrogen-bond acceptors (Lipinski definition) is 4. The summed E-state index contributed by atoms with van der Waals surface area (Å²) in [6, 6.07) is 16.6. The summed E-state index contributed by atoms with van der Waals surface area (Å²) < 4.78 is 9.09. The van der Waals surface area contributed by atoms with E-state index in [0.29, 0.717) is 33.4 Å². The van der Waals surface area contributed by atoms with Crippen molar-refractivity contribution in [2.24, 2.45) is 5.10 Å². The Morgan fingerprint density at radius 1 is 1.17 bits per heavy atom. The lowest BCUT2D eigenvalue weighted by atomic mass is 10.1. The summed E-state index contributed by atoms with van der Waals surface area (Å²) >= 11 is 17.9. The third-order valence-corrected chi connectivity index (χ3v) is 7.49. The van der Waals surface area contributed by atoms with Crippen LogP contribution in [0.2, 0.25) is 10.0 Å². The van der Waals surface area contributed by atoms with Crippen molar-refractivity contribution < 1.29 is 4.74 Å². The normalized spacial score (nSPS) is 12.4. The summed E-state index contributed by atoms with van der Waals surface area (Å²) in [7, 11) is 0. The number of hydrogen-bond donors (Lipinski definition) is 0. The zero-order chi connectivity index (χ0) is 25.1. The van der Waals surface area contributed by atoms with E-state index in [4.69, 9.17) is 32.9 Å². The highest BCUT2D eigenvalue weighted by atomic mass is 127. The lowest BCUT2D eigenvalue weighted by Crippen LogP contribution is -2.23. The SMILES string of the molecule is CC[C@@H](C)c1nc2ccc(Br)cc2c(=O)n1N=Cc1ccc(OCc2ccc(Cl)cc2Cl)c(I)c1. The van der Waals surface area contributed by atoms with Crippen molar-refractivity contribution in [2.75, 3.05) is 0 Å². The highest BCUT2D eigenvalue weighted by Crippen LogP contribution is 2.26. The summed E-state index contributed by atoms with van der Waals surface area (Å²) in [5.41, 5.74) is 2.15. The molecule has 4 aromatic rings. The second kappa shape index (κ2) is 11.4. The van der Waals surface area contributed by atoms with E-state index in [0.717, 1.165) is 31.3 Å². The Morgan fingerprint density at radius 3 is 2.69 bits per heavy atom. The fourth-order valence-electron chi connectivity index (χ4n) is 3.41. The van der Waals surface area contributed by atoms with Crippen LogP contribution in [0.1, 0.15) is 43.1 Å². The summed E-state index contributed by atoms with van der Waals surface area (Å²) in [4.78, 5) is 18.0. The van der Waals surface area contributed by atoms with Crippen LogP contribution < -0.4 is 10.3 Å². The molecule has 4 rings (SSSR count). The van der Waals surface area contributed by atoms with Crippen LogP contribution in [0.3, 0.4) is 0 Å². The summed E-state index contributed by atoms with van der Waals surface area (Å²) in [5.74, 6) is 1.44. The second-order valence-corrected chi connectivity index (χ2v) is 10.9. The maximum Gasteiger partial charge on any atom is 0.282 e. The van der Waals surface area contributed by atoms with E-state index in [-0.39, 0.29) is 11.5 Å². The molecular weight excluding hydrogens is 664 g/mol. The van der Waals surface area contributed by atoms with Crippen molar-refractivity contribution in [3.8, 4) is 5.75 Å². The molecule has 0 saturated heterocycles.